The van der Waals surface area contributed by atoms with Crippen LogP contribution >= 0.6 is 0 Å². The number of methoxy groups -OCH3 is 1. The highest BCUT2D eigenvalue weighted by Gasteiger charge is 2.18. The molecule has 0 spiro atoms. The minimum Gasteiger partial charge on any atom is -0.496 e. The number of rotatable bonds is 6. The van der Waals surface area contributed by atoms with Crippen molar-refractivity contribution in [3.63, 3.8) is 0 Å². The normalized spacial score (nSPS) is 10.2. The van der Waals surface area contributed by atoms with Gasteiger partial charge in [0.1, 0.15) is 11.3 Å². The number of amides is 1. The monoisotopic (exact) mass is 342 g/mol. The van der Waals surface area contributed by atoms with E-state index in [1.807, 2.05) is 32.0 Å². The SMILES string of the molecule is CCNc1cc(C)ccc1NC(=O)c1cc(C(=O)O)c(OC)cc1C. The fourth-order valence-electron chi connectivity index (χ4n) is 2.56. The predicted octanol–water partition coefficient (Wildman–Crippen LogP) is 3.69. The van der Waals surface area contributed by atoms with Crippen molar-refractivity contribution in [1.82, 2.24) is 0 Å². The van der Waals surface area contributed by atoms with E-state index in [-0.39, 0.29) is 17.2 Å². The van der Waals surface area contributed by atoms with E-state index in [9.17, 15) is 14.7 Å². The van der Waals surface area contributed by atoms with E-state index in [0.717, 1.165) is 17.8 Å². The first kappa shape index (κ1) is 18.3. The molecule has 0 heterocycles. The number of hydrogen-bond acceptors (Lipinski definition) is 4. The van der Waals surface area contributed by atoms with Crippen molar-refractivity contribution in [2.45, 2.75) is 20.8 Å². The Hall–Kier alpha value is -3.02. The van der Waals surface area contributed by atoms with Crippen LogP contribution < -0.4 is 15.4 Å². The Morgan fingerprint density at radius 3 is 2.40 bits per heavy atom. The summed E-state index contributed by atoms with van der Waals surface area (Å²) in [5.74, 6) is -1.29. The molecule has 3 N–H and O–H groups in total. The van der Waals surface area contributed by atoms with E-state index in [2.05, 4.69) is 10.6 Å². The highest BCUT2D eigenvalue weighted by molar-refractivity contribution is 6.08. The summed E-state index contributed by atoms with van der Waals surface area (Å²) < 4.78 is 5.08. The molecule has 0 unspecified atom stereocenters. The zero-order valence-corrected chi connectivity index (χ0v) is 14.8. The molecular weight excluding hydrogens is 320 g/mol. The number of aryl methyl sites for hydroxylation is 2. The van der Waals surface area contributed by atoms with Crippen LogP contribution in [0.4, 0.5) is 11.4 Å². The van der Waals surface area contributed by atoms with Crippen molar-refractivity contribution in [3.8, 4) is 5.75 Å². The summed E-state index contributed by atoms with van der Waals surface area (Å²) in [4.78, 5) is 24.1. The van der Waals surface area contributed by atoms with Gasteiger partial charge in [0.2, 0.25) is 0 Å². The van der Waals surface area contributed by atoms with Gasteiger partial charge in [-0.1, -0.05) is 6.07 Å². The summed E-state index contributed by atoms with van der Waals surface area (Å²) in [5, 5.41) is 15.4. The maximum Gasteiger partial charge on any atom is 0.339 e. The molecule has 2 aromatic rings. The molecule has 1 amide bonds. The first-order valence-electron chi connectivity index (χ1n) is 7.95. The van der Waals surface area contributed by atoms with Gasteiger partial charge in [0.05, 0.1) is 18.5 Å². The lowest BCUT2D eigenvalue weighted by Gasteiger charge is -2.15. The first-order valence-corrected chi connectivity index (χ1v) is 7.95. The van der Waals surface area contributed by atoms with Crippen molar-refractivity contribution in [2.24, 2.45) is 0 Å². The van der Waals surface area contributed by atoms with Crippen molar-refractivity contribution in [2.75, 3.05) is 24.3 Å². The summed E-state index contributed by atoms with van der Waals surface area (Å²) in [6.07, 6.45) is 0. The average Bonchev–Trinajstić information content (AvgIpc) is 2.56. The van der Waals surface area contributed by atoms with E-state index in [4.69, 9.17) is 4.74 Å². The molecule has 0 atom stereocenters. The molecule has 2 rings (SSSR count). The second kappa shape index (κ2) is 7.70. The van der Waals surface area contributed by atoms with Crippen LogP contribution in [0.2, 0.25) is 0 Å². The van der Waals surface area contributed by atoms with Gasteiger partial charge < -0.3 is 20.5 Å². The predicted molar refractivity (Wildman–Crippen MR) is 98.0 cm³/mol. The van der Waals surface area contributed by atoms with Crippen LogP contribution in [-0.4, -0.2) is 30.6 Å². The maximum atomic E-state index is 12.7. The van der Waals surface area contributed by atoms with Gasteiger partial charge in [-0.25, -0.2) is 4.79 Å². The Balaban J connectivity index is 2.39. The first-order chi connectivity index (χ1) is 11.9. The molecule has 0 radical (unpaired) electrons. The Labute approximate surface area is 146 Å². The van der Waals surface area contributed by atoms with Crippen LogP contribution in [-0.2, 0) is 0 Å². The molecule has 25 heavy (non-hydrogen) atoms. The summed E-state index contributed by atoms with van der Waals surface area (Å²) in [6, 6.07) is 8.57. The second-order valence-electron chi connectivity index (χ2n) is 5.71. The Bertz CT molecular complexity index is 815. The number of carbonyl (C=O) groups is 2. The molecule has 6 nitrogen and oxygen atoms in total. The number of nitrogens with one attached hydrogen (secondary N) is 2. The minimum absolute atomic E-state index is 0.0472. The van der Waals surface area contributed by atoms with Crippen molar-refractivity contribution in [3.05, 3.63) is 52.6 Å². The van der Waals surface area contributed by atoms with E-state index in [1.54, 1.807) is 13.0 Å². The van der Waals surface area contributed by atoms with E-state index in [0.29, 0.717) is 16.8 Å². The highest BCUT2D eigenvalue weighted by atomic mass is 16.5. The molecule has 0 saturated heterocycles. The smallest absolute Gasteiger partial charge is 0.339 e. The average molecular weight is 342 g/mol. The fourth-order valence-corrected chi connectivity index (χ4v) is 2.56. The molecule has 0 bridgehead atoms. The number of benzene rings is 2. The molecule has 0 aliphatic rings. The van der Waals surface area contributed by atoms with Gasteiger partial charge in [0.25, 0.3) is 5.91 Å². The van der Waals surface area contributed by atoms with Crippen LogP contribution in [0.25, 0.3) is 0 Å². The number of aromatic carboxylic acids is 1. The number of anilines is 2. The highest BCUT2D eigenvalue weighted by Crippen LogP contribution is 2.27. The third-order valence-electron chi connectivity index (χ3n) is 3.81. The number of hydrogen-bond donors (Lipinski definition) is 3. The molecule has 0 aliphatic carbocycles. The largest absolute Gasteiger partial charge is 0.496 e. The van der Waals surface area contributed by atoms with Crippen LogP contribution in [0.1, 0.15) is 38.8 Å². The maximum absolute atomic E-state index is 12.7. The summed E-state index contributed by atoms with van der Waals surface area (Å²) in [7, 11) is 1.40. The van der Waals surface area contributed by atoms with Crippen LogP contribution in [0, 0.1) is 13.8 Å². The van der Waals surface area contributed by atoms with Gasteiger partial charge in [-0.3, -0.25) is 4.79 Å². The minimum atomic E-state index is -1.14. The third kappa shape index (κ3) is 4.09. The Morgan fingerprint density at radius 1 is 1.08 bits per heavy atom. The summed E-state index contributed by atoms with van der Waals surface area (Å²) in [5.41, 5.74) is 3.42. The molecule has 0 aliphatic heterocycles. The molecule has 0 aromatic heterocycles. The van der Waals surface area contributed by atoms with Gasteiger partial charge >= 0.3 is 5.97 Å². The second-order valence-corrected chi connectivity index (χ2v) is 5.71. The Morgan fingerprint density at radius 2 is 1.80 bits per heavy atom. The molecular formula is C19H22N2O4. The van der Waals surface area contributed by atoms with Crippen molar-refractivity contribution < 1.29 is 19.4 Å². The lowest BCUT2D eigenvalue weighted by atomic mass is 10.0. The van der Waals surface area contributed by atoms with E-state index < -0.39 is 5.97 Å². The number of ether oxygens (including phenoxy) is 1. The molecule has 0 fully saturated rings. The summed E-state index contributed by atoms with van der Waals surface area (Å²) in [6.45, 7) is 6.40. The number of carboxylic acids is 1. The molecule has 6 heteroatoms. The Kier molecular flexibility index (Phi) is 5.64. The van der Waals surface area contributed by atoms with Gasteiger partial charge in [0.15, 0.2) is 0 Å². The summed E-state index contributed by atoms with van der Waals surface area (Å²) >= 11 is 0. The molecule has 132 valence electrons. The topological polar surface area (TPSA) is 87.7 Å². The van der Waals surface area contributed by atoms with Crippen LogP contribution in [0.15, 0.2) is 30.3 Å². The molecule has 2 aromatic carbocycles. The van der Waals surface area contributed by atoms with Crippen molar-refractivity contribution in [1.29, 1.82) is 0 Å². The molecule has 0 saturated carbocycles. The van der Waals surface area contributed by atoms with E-state index >= 15 is 0 Å². The quantitative estimate of drug-likeness (QED) is 0.745. The van der Waals surface area contributed by atoms with Gasteiger partial charge in [-0.2, -0.15) is 0 Å². The van der Waals surface area contributed by atoms with Gasteiger partial charge in [-0.15, -0.1) is 0 Å². The van der Waals surface area contributed by atoms with Gasteiger partial charge in [-0.05, 0) is 56.2 Å². The zero-order chi connectivity index (χ0) is 18.6. The van der Waals surface area contributed by atoms with Crippen molar-refractivity contribution >= 4 is 23.3 Å². The zero-order valence-electron chi connectivity index (χ0n) is 14.8. The lowest BCUT2D eigenvalue weighted by Crippen LogP contribution is -2.16. The number of carboxylic acid groups (broad SMARTS) is 1. The standard InChI is InChI=1S/C19H22N2O4/c1-5-20-16-8-11(2)6-7-15(16)21-18(22)13-10-14(19(23)24)17(25-4)9-12(13)3/h6-10,20H,5H2,1-4H3,(H,21,22)(H,23,24). The van der Waals surface area contributed by atoms with Crippen LogP contribution in [0.3, 0.4) is 0 Å². The lowest BCUT2D eigenvalue weighted by molar-refractivity contribution is 0.0693. The van der Waals surface area contributed by atoms with E-state index in [1.165, 1.54) is 13.2 Å². The fraction of sp³-hybridized carbons (Fsp3) is 0.263. The van der Waals surface area contributed by atoms with Gasteiger partial charge in [0, 0.05) is 12.1 Å². The number of carbonyl (C=O) groups excluding carboxylic acids is 1. The third-order valence-corrected chi connectivity index (χ3v) is 3.81. The van der Waals surface area contributed by atoms with Crippen LogP contribution in [0.5, 0.6) is 5.75 Å².